The van der Waals surface area contributed by atoms with Crippen molar-refractivity contribution in [3.8, 4) is 11.5 Å². The molecule has 144 valence electrons. The van der Waals surface area contributed by atoms with Crippen molar-refractivity contribution in [3.05, 3.63) is 90.0 Å². The van der Waals surface area contributed by atoms with Crippen LogP contribution in [0.3, 0.4) is 0 Å². The number of amides is 1. The number of anilines is 1. The number of methoxy groups -OCH3 is 1. The summed E-state index contributed by atoms with van der Waals surface area (Å²) in [4.78, 5) is 15.1. The predicted molar refractivity (Wildman–Crippen MR) is 112 cm³/mol. The second kappa shape index (κ2) is 9.60. The first kappa shape index (κ1) is 19.5. The third-order valence-corrected chi connectivity index (χ3v) is 4.39. The van der Waals surface area contributed by atoms with Crippen LogP contribution >= 0.6 is 0 Å². The first-order chi connectivity index (χ1) is 13.7. The molecule has 4 nitrogen and oxygen atoms in total. The molecule has 0 aliphatic heterocycles. The summed E-state index contributed by atoms with van der Waals surface area (Å²) in [6.45, 7) is 3.22. The van der Waals surface area contributed by atoms with Gasteiger partial charge in [0.05, 0.1) is 20.3 Å². The Morgan fingerprint density at radius 3 is 2.11 bits per heavy atom. The van der Waals surface area contributed by atoms with Crippen molar-refractivity contribution in [3.63, 3.8) is 0 Å². The van der Waals surface area contributed by atoms with Gasteiger partial charge in [0.25, 0.3) is 5.91 Å². The molecule has 4 heteroatoms. The Balaban J connectivity index is 1.87. The highest BCUT2D eigenvalue weighted by atomic mass is 16.5. The van der Waals surface area contributed by atoms with E-state index in [-0.39, 0.29) is 5.91 Å². The van der Waals surface area contributed by atoms with Crippen LogP contribution < -0.4 is 14.4 Å². The summed E-state index contributed by atoms with van der Waals surface area (Å²) in [7, 11) is 1.63. The van der Waals surface area contributed by atoms with E-state index in [4.69, 9.17) is 9.47 Å². The highest BCUT2D eigenvalue weighted by Gasteiger charge is 2.18. The van der Waals surface area contributed by atoms with Gasteiger partial charge in [-0.05, 0) is 60.5 Å². The fourth-order valence-corrected chi connectivity index (χ4v) is 2.88. The average Bonchev–Trinajstić information content (AvgIpc) is 2.77. The molecule has 28 heavy (non-hydrogen) atoms. The monoisotopic (exact) mass is 375 g/mol. The van der Waals surface area contributed by atoms with Crippen molar-refractivity contribution in [2.75, 3.05) is 18.6 Å². The van der Waals surface area contributed by atoms with E-state index < -0.39 is 0 Å². The lowest BCUT2D eigenvalue weighted by molar-refractivity contribution is 0.0985. The Morgan fingerprint density at radius 1 is 0.857 bits per heavy atom. The number of nitrogens with zero attached hydrogens (tertiary/aromatic N) is 1. The molecule has 0 fully saturated rings. The van der Waals surface area contributed by atoms with Crippen LogP contribution in [0.1, 0.15) is 29.3 Å². The number of hydrogen-bond acceptors (Lipinski definition) is 3. The van der Waals surface area contributed by atoms with Gasteiger partial charge in [0.2, 0.25) is 0 Å². The van der Waals surface area contributed by atoms with Crippen molar-refractivity contribution in [2.24, 2.45) is 0 Å². The van der Waals surface area contributed by atoms with Gasteiger partial charge in [-0.3, -0.25) is 4.79 Å². The van der Waals surface area contributed by atoms with Gasteiger partial charge in [-0.15, -0.1) is 0 Å². The van der Waals surface area contributed by atoms with Gasteiger partial charge in [0.1, 0.15) is 11.5 Å². The highest BCUT2D eigenvalue weighted by molar-refractivity contribution is 6.06. The van der Waals surface area contributed by atoms with Crippen LogP contribution in [0.15, 0.2) is 78.9 Å². The second-order valence-corrected chi connectivity index (χ2v) is 6.45. The van der Waals surface area contributed by atoms with Crippen molar-refractivity contribution < 1.29 is 14.3 Å². The quantitative estimate of drug-likeness (QED) is 0.534. The Hall–Kier alpha value is -3.27. The molecular weight excluding hydrogens is 350 g/mol. The molecule has 0 bridgehead atoms. The van der Waals surface area contributed by atoms with Crippen molar-refractivity contribution in [1.29, 1.82) is 0 Å². The van der Waals surface area contributed by atoms with E-state index in [0.717, 1.165) is 29.2 Å². The Labute approximate surface area is 166 Å². The molecule has 3 rings (SSSR count). The first-order valence-electron chi connectivity index (χ1n) is 9.44. The molecule has 0 saturated heterocycles. The van der Waals surface area contributed by atoms with E-state index in [2.05, 4.69) is 6.92 Å². The summed E-state index contributed by atoms with van der Waals surface area (Å²) < 4.78 is 10.9. The van der Waals surface area contributed by atoms with Crippen molar-refractivity contribution >= 4 is 11.6 Å². The number of benzene rings is 3. The maximum absolute atomic E-state index is 13.3. The lowest BCUT2D eigenvalue weighted by Gasteiger charge is -2.23. The zero-order valence-corrected chi connectivity index (χ0v) is 16.3. The van der Waals surface area contributed by atoms with Crippen LogP contribution in [0, 0.1) is 0 Å². The molecule has 0 N–H and O–H groups in total. The van der Waals surface area contributed by atoms with E-state index in [1.54, 1.807) is 12.0 Å². The Kier molecular flexibility index (Phi) is 6.68. The molecule has 0 heterocycles. The smallest absolute Gasteiger partial charge is 0.258 e. The molecule has 0 atom stereocenters. The normalized spacial score (nSPS) is 10.4. The number of ether oxygens (including phenoxy) is 2. The maximum atomic E-state index is 13.3. The molecule has 0 unspecified atom stereocenters. The standard InChI is InChI=1S/C24H25NO3/c1-3-17-28-23-13-9-20(10-14-23)24(26)25(18-19-7-5-4-6-8-19)21-11-15-22(27-2)16-12-21/h4-16H,3,17-18H2,1-2H3. The fraction of sp³-hybridized carbons (Fsp3) is 0.208. The van der Waals surface area contributed by atoms with Gasteiger partial charge in [-0.2, -0.15) is 0 Å². The fourth-order valence-electron chi connectivity index (χ4n) is 2.88. The molecule has 0 aromatic heterocycles. The topological polar surface area (TPSA) is 38.8 Å². The summed E-state index contributed by atoms with van der Waals surface area (Å²) in [5.74, 6) is 1.47. The zero-order chi connectivity index (χ0) is 19.8. The van der Waals surface area contributed by atoms with E-state index in [1.807, 2.05) is 78.9 Å². The van der Waals surface area contributed by atoms with E-state index in [1.165, 1.54) is 0 Å². The largest absolute Gasteiger partial charge is 0.497 e. The zero-order valence-electron chi connectivity index (χ0n) is 16.3. The number of carbonyl (C=O) groups is 1. The van der Waals surface area contributed by atoms with Gasteiger partial charge in [-0.1, -0.05) is 37.3 Å². The van der Waals surface area contributed by atoms with Crippen LogP contribution in [0.2, 0.25) is 0 Å². The molecule has 0 spiro atoms. The van der Waals surface area contributed by atoms with Crippen molar-refractivity contribution in [2.45, 2.75) is 19.9 Å². The van der Waals surface area contributed by atoms with Gasteiger partial charge >= 0.3 is 0 Å². The summed E-state index contributed by atoms with van der Waals surface area (Å²) in [5, 5.41) is 0. The van der Waals surface area contributed by atoms with Crippen molar-refractivity contribution in [1.82, 2.24) is 0 Å². The molecule has 0 aliphatic rings. The molecular formula is C24H25NO3. The number of hydrogen-bond donors (Lipinski definition) is 0. The lowest BCUT2D eigenvalue weighted by atomic mass is 10.1. The van der Waals surface area contributed by atoms with Crippen LogP contribution in [0.4, 0.5) is 5.69 Å². The molecule has 0 aliphatic carbocycles. The third-order valence-electron chi connectivity index (χ3n) is 4.39. The molecule has 3 aromatic rings. The maximum Gasteiger partial charge on any atom is 0.258 e. The minimum Gasteiger partial charge on any atom is -0.497 e. The second-order valence-electron chi connectivity index (χ2n) is 6.45. The van der Waals surface area contributed by atoms with E-state index in [9.17, 15) is 4.79 Å². The Morgan fingerprint density at radius 2 is 1.50 bits per heavy atom. The SMILES string of the molecule is CCCOc1ccc(C(=O)N(Cc2ccccc2)c2ccc(OC)cc2)cc1. The van der Waals surface area contributed by atoms with Gasteiger partial charge in [-0.25, -0.2) is 0 Å². The Bertz CT molecular complexity index is 874. The molecule has 0 saturated carbocycles. The minimum absolute atomic E-state index is 0.0592. The summed E-state index contributed by atoms with van der Waals surface area (Å²) in [5.41, 5.74) is 2.51. The number of rotatable bonds is 8. The van der Waals surface area contributed by atoms with E-state index in [0.29, 0.717) is 18.7 Å². The van der Waals surface area contributed by atoms with Crippen LogP contribution in [-0.2, 0) is 6.54 Å². The summed E-state index contributed by atoms with van der Waals surface area (Å²) in [6.07, 6.45) is 0.947. The van der Waals surface area contributed by atoms with Gasteiger partial charge in [0, 0.05) is 11.3 Å². The predicted octanol–water partition coefficient (Wildman–Crippen LogP) is 5.33. The minimum atomic E-state index is -0.0592. The number of carbonyl (C=O) groups excluding carboxylic acids is 1. The van der Waals surface area contributed by atoms with Gasteiger partial charge in [0.15, 0.2) is 0 Å². The molecule has 0 radical (unpaired) electrons. The van der Waals surface area contributed by atoms with Crippen LogP contribution in [0.5, 0.6) is 11.5 Å². The molecule has 1 amide bonds. The average molecular weight is 375 g/mol. The lowest BCUT2D eigenvalue weighted by Crippen LogP contribution is -2.30. The first-order valence-corrected chi connectivity index (χ1v) is 9.44. The van der Waals surface area contributed by atoms with Crippen LogP contribution in [-0.4, -0.2) is 19.6 Å². The van der Waals surface area contributed by atoms with E-state index >= 15 is 0 Å². The highest BCUT2D eigenvalue weighted by Crippen LogP contribution is 2.24. The third kappa shape index (κ3) is 4.92. The van der Waals surface area contributed by atoms with Gasteiger partial charge < -0.3 is 14.4 Å². The molecule has 3 aromatic carbocycles. The van der Waals surface area contributed by atoms with Crippen LogP contribution in [0.25, 0.3) is 0 Å². The summed E-state index contributed by atoms with van der Waals surface area (Å²) in [6, 6.07) is 24.8. The summed E-state index contributed by atoms with van der Waals surface area (Å²) >= 11 is 0.